The van der Waals surface area contributed by atoms with Gasteiger partial charge in [-0.25, -0.2) is 0 Å². The molecule has 0 fully saturated rings. The van der Waals surface area contributed by atoms with Crippen LogP contribution in [0.15, 0.2) is 18.2 Å². The molecule has 1 aromatic carbocycles. The maximum absolute atomic E-state index is 11.1. The van der Waals surface area contributed by atoms with Crippen molar-refractivity contribution in [2.45, 2.75) is 18.9 Å². The number of phenolic OH excluding ortho intramolecular Hbond substituents is 1. The molecule has 0 saturated carbocycles. The van der Waals surface area contributed by atoms with Crippen LogP contribution in [0, 0.1) is 0 Å². The van der Waals surface area contributed by atoms with Gasteiger partial charge in [-0.1, -0.05) is 12.1 Å². The van der Waals surface area contributed by atoms with Crippen molar-refractivity contribution >= 4 is 5.91 Å². The fourth-order valence-electron chi connectivity index (χ4n) is 2.15. The van der Waals surface area contributed by atoms with Crippen LogP contribution in [0.2, 0.25) is 0 Å². The molecule has 1 aromatic rings. The summed E-state index contributed by atoms with van der Waals surface area (Å²) in [6.07, 6.45) is 1.80. The molecule has 3 N–H and O–H groups in total. The molecule has 1 unspecified atom stereocenters. The molecule has 0 heterocycles. The summed E-state index contributed by atoms with van der Waals surface area (Å²) in [6, 6.07) is 5.73. The minimum absolute atomic E-state index is 0.0198. The molecule has 0 bridgehead atoms. The van der Waals surface area contributed by atoms with Gasteiger partial charge in [0, 0.05) is 13.1 Å². The first kappa shape index (κ1) is 11.0. The van der Waals surface area contributed by atoms with E-state index in [1.165, 1.54) is 0 Å². The highest BCUT2D eigenvalue weighted by molar-refractivity contribution is 5.77. The van der Waals surface area contributed by atoms with Crippen LogP contribution in [0.1, 0.15) is 23.6 Å². The number of amides is 1. The lowest BCUT2D eigenvalue weighted by atomic mass is 10.1. The smallest absolute Gasteiger partial charge is 0.233 e. The van der Waals surface area contributed by atoms with Crippen LogP contribution in [-0.4, -0.2) is 24.6 Å². The Balaban J connectivity index is 2.06. The molecule has 4 heteroatoms. The topological polar surface area (TPSA) is 61.4 Å². The van der Waals surface area contributed by atoms with Gasteiger partial charge in [-0.15, -0.1) is 0 Å². The van der Waals surface area contributed by atoms with Gasteiger partial charge in [-0.05, 0) is 30.0 Å². The van der Waals surface area contributed by atoms with Gasteiger partial charge in [0.15, 0.2) is 0 Å². The predicted molar refractivity (Wildman–Crippen MR) is 61.2 cm³/mol. The van der Waals surface area contributed by atoms with Crippen LogP contribution in [0.3, 0.4) is 0 Å². The zero-order valence-corrected chi connectivity index (χ0v) is 9.29. The van der Waals surface area contributed by atoms with E-state index in [0.717, 1.165) is 24.0 Å². The average Bonchev–Trinajstić information content (AvgIpc) is 2.70. The summed E-state index contributed by atoms with van der Waals surface area (Å²) < 4.78 is 0. The molecular formula is C12H16N2O2. The molecule has 0 aromatic heterocycles. The third-order valence-corrected chi connectivity index (χ3v) is 3.03. The van der Waals surface area contributed by atoms with Crippen LogP contribution in [0.25, 0.3) is 0 Å². The summed E-state index contributed by atoms with van der Waals surface area (Å²) >= 11 is 0. The summed E-state index contributed by atoms with van der Waals surface area (Å²) in [5, 5.41) is 15.4. The largest absolute Gasteiger partial charge is 0.508 e. The number of likely N-dealkylation sites (N-methyl/N-ethyl adjacent to an activating group) is 1. The first-order chi connectivity index (χ1) is 7.72. The highest BCUT2D eigenvalue weighted by atomic mass is 16.3. The van der Waals surface area contributed by atoms with Crippen molar-refractivity contribution in [2.75, 3.05) is 13.6 Å². The van der Waals surface area contributed by atoms with Crippen LogP contribution >= 0.6 is 0 Å². The first-order valence-electron chi connectivity index (χ1n) is 5.47. The van der Waals surface area contributed by atoms with Crippen molar-refractivity contribution in [3.63, 3.8) is 0 Å². The quantitative estimate of drug-likeness (QED) is 0.703. The van der Waals surface area contributed by atoms with Gasteiger partial charge in [-0.3, -0.25) is 4.79 Å². The highest BCUT2D eigenvalue weighted by Gasteiger charge is 2.24. The standard InChI is InChI=1S/C12H16N2O2/c1-13-12(16)7-14-10-6-5-9-8(10)3-2-4-11(9)15/h2-4,10,14-15H,5-7H2,1H3,(H,13,16). The Kier molecular flexibility index (Phi) is 3.10. The third kappa shape index (κ3) is 2.02. The summed E-state index contributed by atoms with van der Waals surface area (Å²) in [4.78, 5) is 11.1. The molecular weight excluding hydrogens is 204 g/mol. The number of hydrogen-bond donors (Lipinski definition) is 3. The zero-order valence-electron chi connectivity index (χ0n) is 9.29. The lowest BCUT2D eigenvalue weighted by molar-refractivity contribution is -0.119. The fraction of sp³-hybridized carbons (Fsp3) is 0.417. The number of carbonyl (C=O) groups excluding carboxylic acids is 1. The second-order valence-corrected chi connectivity index (χ2v) is 3.99. The zero-order chi connectivity index (χ0) is 11.5. The lowest BCUT2D eigenvalue weighted by Crippen LogP contribution is -2.33. The van der Waals surface area contributed by atoms with E-state index in [1.807, 2.05) is 12.1 Å². The molecule has 2 rings (SSSR count). The minimum atomic E-state index is -0.0198. The highest BCUT2D eigenvalue weighted by Crippen LogP contribution is 2.35. The average molecular weight is 220 g/mol. The van der Waals surface area contributed by atoms with Crippen molar-refractivity contribution in [2.24, 2.45) is 0 Å². The Morgan fingerprint density at radius 1 is 1.56 bits per heavy atom. The Morgan fingerprint density at radius 3 is 3.12 bits per heavy atom. The van der Waals surface area contributed by atoms with Crippen molar-refractivity contribution in [3.05, 3.63) is 29.3 Å². The van der Waals surface area contributed by atoms with E-state index in [0.29, 0.717) is 12.3 Å². The monoisotopic (exact) mass is 220 g/mol. The normalized spacial score (nSPS) is 18.2. The summed E-state index contributed by atoms with van der Waals surface area (Å²) in [5.74, 6) is 0.343. The van der Waals surface area contributed by atoms with E-state index in [9.17, 15) is 9.90 Å². The lowest BCUT2D eigenvalue weighted by Gasteiger charge is -2.13. The second-order valence-electron chi connectivity index (χ2n) is 3.99. The van der Waals surface area contributed by atoms with Crippen LogP contribution < -0.4 is 10.6 Å². The number of benzene rings is 1. The van der Waals surface area contributed by atoms with Crippen molar-refractivity contribution < 1.29 is 9.90 Å². The molecule has 1 aliphatic carbocycles. The number of hydrogen-bond acceptors (Lipinski definition) is 3. The number of nitrogens with one attached hydrogen (secondary N) is 2. The third-order valence-electron chi connectivity index (χ3n) is 3.03. The van der Waals surface area contributed by atoms with E-state index < -0.39 is 0 Å². The summed E-state index contributed by atoms with van der Waals surface area (Å²) in [5.41, 5.74) is 2.13. The Hall–Kier alpha value is -1.55. The number of aromatic hydroxyl groups is 1. The van der Waals surface area contributed by atoms with E-state index in [2.05, 4.69) is 10.6 Å². The van der Waals surface area contributed by atoms with Crippen molar-refractivity contribution in [1.82, 2.24) is 10.6 Å². The molecule has 16 heavy (non-hydrogen) atoms. The van der Waals surface area contributed by atoms with Crippen molar-refractivity contribution in [3.8, 4) is 5.75 Å². The Morgan fingerprint density at radius 2 is 2.38 bits per heavy atom. The van der Waals surface area contributed by atoms with Gasteiger partial charge in [0.1, 0.15) is 5.75 Å². The SMILES string of the molecule is CNC(=O)CNC1CCc2c(O)cccc21. The van der Waals surface area contributed by atoms with Gasteiger partial charge in [0.05, 0.1) is 6.54 Å². The van der Waals surface area contributed by atoms with Crippen LogP contribution in [-0.2, 0) is 11.2 Å². The number of carbonyl (C=O) groups is 1. The molecule has 1 aliphatic rings. The Labute approximate surface area is 94.7 Å². The first-order valence-corrected chi connectivity index (χ1v) is 5.47. The summed E-state index contributed by atoms with van der Waals surface area (Å²) in [7, 11) is 1.62. The summed E-state index contributed by atoms with van der Waals surface area (Å²) in [6.45, 7) is 0.316. The van der Waals surface area contributed by atoms with E-state index >= 15 is 0 Å². The van der Waals surface area contributed by atoms with Gasteiger partial charge in [0.2, 0.25) is 5.91 Å². The fourth-order valence-corrected chi connectivity index (χ4v) is 2.15. The maximum atomic E-state index is 11.1. The second kappa shape index (κ2) is 4.53. The van der Waals surface area contributed by atoms with Crippen LogP contribution in [0.4, 0.5) is 0 Å². The van der Waals surface area contributed by atoms with Gasteiger partial charge >= 0.3 is 0 Å². The van der Waals surface area contributed by atoms with Gasteiger partial charge in [0.25, 0.3) is 0 Å². The molecule has 86 valence electrons. The number of fused-ring (bicyclic) bond motifs is 1. The van der Waals surface area contributed by atoms with E-state index in [4.69, 9.17) is 0 Å². The molecule has 0 radical (unpaired) electrons. The molecule has 0 saturated heterocycles. The maximum Gasteiger partial charge on any atom is 0.233 e. The number of phenols is 1. The molecule has 4 nitrogen and oxygen atoms in total. The molecule has 0 spiro atoms. The van der Waals surface area contributed by atoms with Gasteiger partial charge in [-0.2, -0.15) is 0 Å². The predicted octanol–water partition coefficient (Wildman–Crippen LogP) is 0.715. The molecule has 1 atom stereocenters. The van der Waals surface area contributed by atoms with Crippen LogP contribution in [0.5, 0.6) is 5.75 Å². The molecule has 0 aliphatic heterocycles. The van der Waals surface area contributed by atoms with E-state index in [-0.39, 0.29) is 11.9 Å². The minimum Gasteiger partial charge on any atom is -0.508 e. The number of rotatable bonds is 3. The van der Waals surface area contributed by atoms with Gasteiger partial charge < -0.3 is 15.7 Å². The molecule has 1 amide bonds. The van der Waals surface area contributed by atoms with E-state index in [1.54, 1.807) is 13.1 Å². The van der Waals surface area contributed by atoms with Crippen molar-refractivity contribution in [1.29, 1.82) is 0 Å². The Bertz CT molecular complexity index is 404.